The molecule has 6 rings (SSSR count). The van der Waals surface area contributed by atoms with E-state index in [0.717, 1.165) is 23.3 Å². The van der Waals surface area contributed by atoms with Crippen LogP contribution in [-0.4, -0.2) is 5.91 Å². The zero-order chi connectivity index (χ0) is 22.9. The molecule has 1 aliphatic carbocycles. The SMILES string of the molecule is NC(N)c1cc(F)c(CNC(=O)c2ccc3c(c2)[C@@H]2O[C@H]3c3ccc(C4CC4)cc32)c(F)c1. The second-order valence-electron chi connectivity index (χ2n) is 9.07. The van der Waals surface area contributed by atoms with Crippen LogP contribution in [0.3, 0.4) is 0 Å². The summed E-state index contributed by atoms with van der Waals surface area (Å²) in [6.07, 6.45) is 1.19. The number of fused-ring (bicyclic) bond motifs is 8. The van der Waals surface area contributed by atoms with Crippen LogP contribution in [-0.2, 0) is 11.3 Å². The Morgan fingerprint density at radius 1 is 0.939 bits per heavy atom. The van der Waals surface area contributed by atoms with E-state index in [2.05, 4.69) is 23.5 Å². The van der Waals surface area contributed by atoms with Crippen molar-refractivity contribution in [3.05, 3.63) is 105 Å². The molecule has 168 valence electrons. The van der Waals surface area contributed by atoms with Gasteiger partial charge < -0.3 is 21.5 Å². The Morgan fingerprint density at radius 2 is 1.58 bits per heavy atom. The summed E-state index contributed by atoms with van der Waals surface area (Å²) in [7, 11) is 0. The fraction of sp³-hybridized carbons (Fsp3) is 0.269. The van der Waals surface area contributed by atoms with Crippen LogP contribution < -0.4 is 16.8 Å². The number of benzene rings is 3. The molecule has 1 amide bonds. The molecule has 2 bridgehead atoms. The largest absolute Gasteiger partial charge is 0.356 e. The lowest BCUT2D eigenvalue weighted by Crippen LogP contribution is -2.25. The van der Waals surface area contributed by atoms with Gasteiger partial charge in [0.1, 0.15) is 23.8 Å². The Bertz CT molecular complexity index is 1280. The summed E-state index contributed by atoms with van der Waals surface area (Å²) < 4.78 is 34.9. The number of hydrogen-bond donors (Lipinski definition) is 3. The van der Waals surface area contributed by atoms with Crippen molar-refractivity contribution < 1.29 is 18.3 Å². The van der Waals surface area contributed by atoms with E-state index in [-0.39, 0.29) is 29.9 Å². The molecule has 0 radical (unpaired) electrons. The summed E-state index contributed by atoms with van der Waals surface area (Å²) in [4.78, 5) is 12.8. The van der Waals surface area contributed by atoms with Gasteiger partial charge in [-0.15, -0.1) is 0 Å². The van der Waals surface area contributed by atoms with Crippen LogP contribution in [0.25, 0.3) is 0 Å². The molecular formula is C26H23F2N3O2. The maximum absolute atomic E-state index is 14.3. The fourth-order valence-electron chi connectivity index (χ4n) is 4.93. The minimum Gasteiger partial charge on any atom is -0.356 e. The van der Waals surface area contributed by atoms with E-state index in [9.17, 15) is 13.6 Å². The van der Waals surface area contributed by atoms with Crippen LogP contribution >= 0.6 is 0 Å². The molecule has 3 aromatic rings. The lowest BCUT2D eigenvalue weighted by molar-refractivity contribution is 0.0857. The maximum atomic E-state index is 14.3. The monoisotopic (exact) mass is 447 g/mol. The van der Waals surface area contributed by atoms with Gasteiger partial charge in [-0.25, -0.2) is 8.78 Å². The highest BCUT2D eigenvalue weighted by molar-refractivity contribution is 5.94. The van der Waals surface area contributed by atoms with Gasteiger partial charge in [0.2, 0.25) is 0 Å². The number of amides is 1. The van der Waals surface area contributed by atoms with Gasteiger partial charge in [-0.1, -0.05) is 24.3 Å². The van der Waals surface area contributed by atoms with E-state index in [4.69, 9.17) is 16.2 Å². The highest BCUT2D eigenvalue weighted by Gasteiger charge is 2.43. The third-order valence-corrected chi connectivity index (χ3v) is 6.88. The van der Waals surface area contributed by atoms with E-state index in [1.54, 1.807) is 6.07 Å². The van der Waals surface area contributed by atoms with E-state index in [1.165, 1.54) is 29.5 Å². The summed E-state index contributed by atoms with van der Waals surface area (Å²) in [5, 5.41) is 2.61. The number of carbonyl (C=O) groups is 1. The summed E-state index contributed by atoms with van der Waals surface area (Å²) in [6, 6.07) is 14.3. The van der Waals surface area contributed by atoms with Crippen molar-refractivity contribution in [2.45, 2.75) is 43.7 Å². The average molecular weight is 447 g/mol. The van der Waals surface area contributed by atoms with Crippen molar-refractivity contribution in [2.75, 3.05) is 0 Å². The number of halogens is 2. The van der Waals surface area contributed by atoms with Gasteiger partial charge in [-0.05, 0) is 76.4 Å². The van der Waals surface area contributed by atoms with Gasteiger partial charge in [-0.2, -0.15) is 0 Å². The zero-order valence-corrected chi connectivity index (χ0v) is 17.8. The highest BCUT2D eigenvalue weighted by Crippen LogP contribution is 2.55. The van der Waals surface area contributed by atoms with Gasteiger partial charge in [0, 0.05) is 17.7 Å². The average Bonchev–Trinajstić information content (AvgIpc) is 3.50. The molecular weight excluding hydrogens is 424 g/mol. The van der Waals surface area contributed by atoms with Crippen LogP contribution in [0, 0.1) is 11.6 Å². The van der Waals surface area contributed by atoms with Crippen LogP contribution in [0.1, 0.15) is 86.4 Å². The quantitative estimate of drug-likeness (QED) is 0.511. The first-order chi connectivity index (χ1) is 15.9. The van der Waals surface area contributed by atoms with Crippen molar-refractivity contribution in [2.24, 2.45) is 11.5 Å². The molecule has 5 N–H and O–H groups in total. The molecule has 5 nitrogen and oxygen atoms in total. The number of hydrogen-bond acceptors (Lipinski definition) is 4. The third-order valence-electron chi connectivity index (χ3n) is 6.88. The number of ether oxygens (including phenoxy) is 1. The molecule has 1 fully saturated rings. The number of nitrogens with two attached hydrogens (primary N) is 2. The highest BCUT2D eigenvalue weighted by atomic mass is 19.1. The Hall–Kier alpha value is -3.13. The lowest BCUT2D eigenvalue weighted by Gasteiger charge is -2.18. The second-order valence-corrected chi connectivity index (χ2v) is 9.07. The van der Waals surface area contributed by atoms with Crippen molar-refractivity contribution >= 4 is 5.91 Å². The number of nitrogens with one attached hydrogen (secondary N) is 1. The number of carbonyl (C=O) groups excluding carboxylic acids is 1. The van der Waals surface area contributed by atoms with Gasteiger partial charge in [0.15, 0.2) is 0 Å². The van der Waals surface area contributed by atoms with E-state index in [0.29, 0.717) is 11.5 Å². The minimum atomic E-state index is -0.980. The van der Waals surface area contributed by atoms with Crippen LogP contribution in [0.2, 0.25) is 0 Å². The van der Waals surface area contributed by atoms with Crippen molar-refractivity contribution in [3.63, 3.8) is 0 Å². The molecule has 3 aliphatic rings. The van der Waals surface area contributed by atoms with Gasteiger partial charge >= 0.3 is 0 Å². The molecule has 0 spiro atoms. The van der Waals surface area contributed by atoms with Gasteiger partial charge in [0.25, 0.3) is 5.91 Å². The summed E-state index contributed by atoms with van der Waals surface area (Å²) >= 11 is 0. The maximum Gasteiger partial charge on any atom is 0.251 e. The topological polar surface area (TPSA) is 90.4 Å². The summed E-state index contributed by atoms with van der Waals surface area (Å²) in [5.41, 5.74) is 17.1. The van der Waals surface area contributed by atoms with Crippen molar-refractivity contribution in [3.8, 4) is 0 Å². The summed E-state index contributed by atoms with van der Waals surface area (Å²) in [5.74, 6) is -1.35. The van der Waals surface area contributed by atoms with E-state index >= 15 is 0 Å². The first-order valence-corrected chi connectivity index (χ1v) is 11.1. The van der Waals surface area contributed by atoms with Crippen molar-refractivity contribution in [1.29, 1.82) is 0 Å². The molecule has 0 unspecified atom stereocenters. The molecule has 33 heavy (non-hydrogen) atoms. The molecule has 3 aromatic carbocycles. The first-order valence-electron chi connectivity index (χ1n) is 11.1. The molecule has 2 heterocycles. The molecule has 7 heteroatoms. The molecule has 0 saturated heterocycles. The third kappa shape index (κ3) is 3.35. The Labute approximate surface area is 189 Å². The Balaban J connectivity index is 1.22. The predicted octanol–water partition coefficient (Wildman–Crippen LogP) is 4.21. The molecule has 0 aromatic heterocycles. The minimum absolute atomic E-state index is 0.110. The first kappa shape index (κ1) is 20.5. The molecule has 1 saturated carbocycles. The fourth-order valence-corrected chi connectivity index (χ4v) is 4.93. The molecule has 2 atom stereocenters. The Kier molecular flexibility index (Phi) is 4.62. The smallest absolute Gasteiger partial charge is 0.251 e. The normalized spacial score (nSPS) is 20.2. The lowest BCUT2D eigenvalue weighted by atomic mass is 9.84. The number of rotatable bonds is 5. The standard InChI is InChI=1S/C26H23F2N3O2/c27-21-9-15(25(29)30)10-22(28)20(21)11-31-26(32)14-4-6-17-19(8-14)24-18-7-13(12-1-2-12)3-5-16(18)23(17)33-24/h3-10,12,23-25H,1-2,11,29-30H2,(H,31,32)/t23-,24+/m0/s1. The van der Waals surface area contributed by atoms with Crippen molar-refractivity contribution in [1.82, 2.24) is 5.32 Å². The van der Waals surface area contributed by atoms with Gasteiger partial charge in [0.05, 0.1) is 6.17 Å². The van der Waals surface area contributed by atoms with Crippen LogP contribution in [0.5, 0.6) is 0 Å². The van der Waals surface area contributed by atoms with E-state index in [1.807, 2.05) is 12.1 Å². The van der Waals surface area contributed by atoms with Crippen LogP contribution in [0.4, 0.5) is 8.78 Å². The van der Waals surface area contributed by atoms with Gasteiger partial charge in [-0.3, -0.25) is 4.79 Å². The van der Waals surface area contributed by atoms with E-state index < -0.39 is 23.7 Å². The second kappa shape index (κ2) is 7.45. The van der Waals surface area contributed by atoms with Crippen LogP contribution in [0.15, 0.2) is 48.5 Å². The zero-order valence-electron chi connectivity index (χ0n) is 17.8. The Morgan fingerprint density at radius 3 is 2.24 bits per heavy atom. The molecule has 2 aliphatic heterocycles. The summed E-state index contributed by atoms with van der Waals surface area (Å²) in [6.45, 7) is -0.288. The predicted molar refractivity (Wildman–Crippen MR) is 118 cm³/mol.